The Morgan fingerprint density at radius 3 is 2.15 bits per heavy atom. The molecule has 6 rings (SSSR count). The van der Waals surface area contributed by atoms with E-state index < -0.39 is 18.0 Å². The van der Waals surface area contributed by atoms with Crippen LogP contribution < -0.4 is 143 Å². The first-order valence-electron chi connectivity index (χ1n) is 13.9. The summed E-state index contributed by atoms with van der Waals surface area (Å²) in [6.07, 6.45) is 6.59. The summed E-state index contributed by atoms with van der Waals surface area (Å²) in [6, 6.07) is 6.84. The number of carboxylic acids is 1. The Morgan fingerprint density at radius 1 is 1.06 bits per heavy atom. The third kappa shape index (κ3) is 13.5. The number of aliphatic hydroxyl groups is 2. The van der Waals surface area contributed by atoms with Crippen LogP contribution in [0.1, 0.15) is 62.1 Å². The summed E-state index contributed by atoms with van der Waals surface area (Å²) in [7, 11) is 0. The zero-order valence-electron chi connectivity index (χ0n) is 28.4. The topological polar surface area (TPSA) is 199 Å². The fraction of sp³-hybridized carbons (Fsp3) is 0.400. The third-order valence-electron chi connectivity index (χ3n) is 7.62. The van der Waals surface area contributed by atoms with Gasteiger partial charge in [0.05, 0.1) is 24.1 Å². The molecule has 0 spiro atoms. The van der Waals surface area contributed by atoms with Crippen molar-refractivity contribution in [1.82, 2.24) is 29.9 Å². The number of aliphatic hydroxyl groups excluding tert-OH is 2. The second kappa shape index (κ2) is 21.7. The zero-order chi connectivity index (χ0) is 34.2. The maximum Gasteiger partial charge on any atom is 1.00 e. The standard InChI is InChI=1S/C15H16IN3O3.C9H14N2O.C5H3FIN.CH2O3.2Cs.H/c1-15(2)7-10-9(6-11(15)20)13(14(21)22)18-19(10)12-5-8(16)3-4-17-12;1-9(2)4-7-6(3-8(9)12)5-10-11-7;6-5-3-4(7)1-2-8-5;2-1-4-3;;;/h3-5,11,20H,6-7H2,1-2H3,(H,21,22);5,8,12H,3-4H2,1-2H3,(H,10,11);1-3H;1,3H;;;/q;;;;2*+1;-1/p-1. The van der Waals surface area contributed by atoms with Crippen LogP contribution in [0.4, 0.5) is 4.39 Å². The molecular weight excluding hydrogens is 1090 g/mol. The van der Waals surface area contributed by atoms with E-state index in [4.69, 9.17) is 10.1 Å². The van der Waals surface area contributed by atoms with Crippen molar-refractivity contribution in [2.75, 3.05) is 0 Å². The van der Waals surface area contributed by atoms with Crippen molar-refractivity contribution in [2.45, 2.75) is 65.6 Å². The minimum atomic E-state index is -1.08. The van der Waals surface area contributed by atoms with Crippen LogP contribution in [0.25, 0.3) is 5.82 Å². The Balaban J connectivity index is 0.000000721. The predicted molar refractivity (Wildman–Crippen MR) is 179 cm³/mol. The molecule has 2 atom stereocenters. The van der Waals surface area contributed by atoms with Gasteiger partial charge >= 0.3 is 144 Å². The summed E-state index contributed by atoms with van der Waals surface area (Å²) in [5.74, 6) is -0.896. The summed E-state index contributed by atoms with van der Waals surface area (Å²) < 4.78 is 15.5. The fourth-order valence-electron chi connectivity index (χ4n) is 4.87. The molecule has 0 saturated heterocycles. The number of nitrogens with one attached hydrogen (secondary N) is 1. The number of carboxylic acid groups (broad SMARTS) is 1. The molecule has 2 aliphatic rings. The van der Waals surface area contributed by atoms with Gasteiger partial charge in [0.1, 0.15) is 0 Å². The molecule has 0 saturated carbocycles. The molecule has 0 amide bonds. The van der Waals surface area contributed by atoms with Crippen LogP contribution in [0.3, 0.4) is 0 Å². The van der Waals surface area contributed by atoms with Crippen molar-refractivity contribution in [1.29, 1.82) is 0 Å². The summed E-state index contributed by atoms with van der Waals surface area (Å²) in [5.41, 5.74) is 3.45. The second-order valence-electron chi connectivity index (χ2n) is 12.0. The van der Waals surface area contributed by atoms with Gasteiger partial charge in [0.25, 0.3) is 6.47 Å². The number of rotatable bonds is 3. The normalized spacial score (nSPS) is 17.7. The molecule has 18 heteroatoms. The van der Waals surface area contributed by atoms with E-state index in [1.54, 1.807) is 16.9 Å². The van der Waals surface area contributed by atoms with E-state index in [0.717, 1.165) is 25.7 Å². The van der Waals surface area contributed by atoms with Crippen molar-refractivity contribution in [3.05, 3.63) is 84.2 Å². The smallest absolute Gasteiger partial charge is 1.00 e. The Hall–Kier alpha value is 1.03. The number of H-pyrrole nitrogens is 1. The molecule has 0 fully saturated rings. The van der Waals surface area contributed by atoms with Crippen LogP contribution in [-0.2, 0) is 35.4 Å². The van der Waals surface area contributed by atoms with Gasteiger partial charge in [-0.2, -0.15) is 14.6 Å². The number of hydrogen-bond acceptors (Lipinski definition) is 10. The number of fused-ring (bicyclic) bond motifs is 2. The maximum atomic E-state index is 12.1. The van der Waals surface area contributed by atoms with Crippen LogP contribution >= 0.6 is 45.2 Å². The summed E-state index contributed by atoms with van der Waals surface area (Å²) in [6.45, 7) is 7.93. The molecule has 4 aromatic rings. The van der Waals surface area contributed by atoms with Gasteiger partial charge in [-0.3, -0.25) is 9.89 Å². The van der Waals surface area contributed by atoms with E-state index in [-0.39, 0.29) is 168 Å². The summed E-state index contributed by atoms with van der Waals surface area (Å²) >= 11 is 4.21. The molecule has 2 unspecified atom stereocenters. The third-order valence-corrected chi connectivity index (χ3v) is 8.96. The molecule has 4 heterocycles. The predicted octanol–water partition coefficient (Wildman–Crippen LogP) is -2.67. The van der Waals surface area contributed by atoms with E-state index in [0.29, 0.717) is 24.2 Å². The number of aromatic nitrogens is 6. The summed E-state index contributed by atoms with van der Waals surface area (Å²) in [4.78, 5) is 30.4. The molecular formula is C30H35Cs2FI2N6O7. The summed E-state index contributed by atoms with van der Waals surface area (Å²) in [5, 5.41) is 49.0. The van der Waals surface area contributed by atoms with Gasteiger partial charge < -0.3 is 26.9 Å². The first-order valence-corrected chi connectivity index (χ1v) is 16.1. The second-order valence-corrected chi connectivity index (χ2v) is 14.4. The fourth-order valence-corrected chi connectivity index (χ4v) is 5.73. The quantitative estimate of drug-likeness (QED) is 0.0549. The van der Waals surface area contributed by atoms with Gasteiger partial charge in [-0.15, -0.1) is 0 Å². The van der Waals surface area contributed by atoms with Crippen LogP contribution in [0.5, 0.6) is 0 Å². The molecule has 0 aromatic carbocycles. The van der Waals surface area contributed by atoms with Gasteiger partial charge in [0.15, 0.2) is 11.5 Å². The van der Waals surface area contributed by atoms with Crippen molar-refractivity contribution in [3.8, 4) is 5.82 Å². The SMILES string of the molecule is CC1(C)Cc2[nH]ncc2CC1O.CC1(C)Cc2c(c(C(=O)O)nn2-c2cc(I)ccn2)CC1O.Fc1cc(I)ccn1.O=CO[O-].[Cs+].[Cs+].[H-]. The minimum absolute atomic E-state index is 0. The number of carbonyl (C=O) groups excluding carboxylic acids is 1. The van der Waals surface area contributed by atoms with Gasteiger partial charge in [-0.1, -0.05) is 27.7 Å². The number of aromatic amines is 1. The van der Waals surface area contributed by atoms with Crippen LogP contribution in [-0.4, -0.2) is 69.9 Å². The zero-order valence-corrected chi connectivity index (χ0v) is 44.3. The van der Waals surface area contributed by atoms with Crippen molar-refractivity contribution >= 4 is 57.6 Å². The average Bonchev–Trinajstić information content (AvgIpc) is 3.57. The Kier molecular flexibility index (Phi) is 21.2. The number of hydrogen-bond donors (Lipinski definition) is 4. The molecule has 0 bridgehead atoms. The van der Waals surface area contributed by atoms with E-state index in [1.807, 2.05) is 54.8 Å². The van der Waals surface area contributed by atoms with Gasteiger partial charge in [-0.05, 0) is 92.6 Å². The van der Waals surface area contributed by atoms with Crippen LogP contribution in [0.15, 0.2) is 42.9 Å². The molecule has 48 heavy (non-hydrogen) atoms. The number of halogens is 3. The first-order chi connectivity index (χ1) is 21.6. The van der Waals surface area contributed by atoms with Crippen LogP contribution in [0, 0.1) is 23.9 Å². The molecule has 2 aliphatic carbocycles. The van der Waals surface area contributed by atoms with Crippen molar-refractivity contribution in [3.63, 3.8) is 0 Å². The van der Waals surface area contributed by atoms with E-state index in [1.165, 1.54) is 23.5 Å². The van der Waals surface area contributed by atoms with Gasteiger partial charge in [-0.25, -0.2) is 19.4 Å². The largest absolute Gasteiger partial charge is 1.00 e. The molecule has 250 valence electrons. The Labute approximate surface area is 423 Å². The molecule has 0 radical (unpaired) electrons. The number of carbonyl (C=O) groups is 2. The van der Waals surface area contributed by atoms with Gasteiger partial charge in [0.2, 0.25) is 5.95 Å². The van der Waals surface area contributed by atoms with E-state index in [2.05, 4.69) is 66.6 Å². The average molecular weight is 1130 g/mol. The number of pyridine rings is 2. The number of aromatic carboxylic acids is 1. The van der Waals surface area contributed by atoms with Gasteiger partial charge in [0, 0.05) is 49.7 Å². The first kappa shape index (κ1) is 47.1. The molecule has 0 aliphatic heterocycles. The Morgan fingerprint density at radius 2 is 1.62 bits per heavy atom. The van der Waals surface area contributed by atoms with Crippen LogP contribution in [0.2, 0.25) is 0 Å². The van der Waals surface area contributed by atoms with Crippen molar-refractivity contribution < 1.29 is 179 Å². The minimum Gasteiger partial charge on any atom is -1.00 e. The maximum absolute atomic E-state index is 12.1. The van der Waals surface area contributed by atoms with Crippen molar-refractivity contribution in [2.24, 2.45) is 10.8 Å². The molecule has 4 aromatic heterocycles. The molecule has 4 N–H and O–H groups in total. The monoisotopic (exact) mass is 1130 g/mol. The molecule has 13 nitrogen and oxygen atoms in total. The Bertz CT molecular complexity index is 1650. The van der Waals surface area contributed by atoms with E-state index >= 15 is 0 Å². The van der Waals surface area contributed by atoms with E-state index in [9.17, 15) is 24.5 Å². The number of nitrogens with zero attached hydrogens (tertiary/aromatic N) is 5.